The molecular weight excluding hydrogens is 190 g/mol. The standard InChI is InChI=1S/C12H17NO2/c1-3-7-11(12(14)15-2)13-10-8-5-4-6-9-10/h4-6,8-9,11,13H,3,7H2,1-2H3. The minimum absolute atomic E-state index is 0.208. The molecule has 0 fully saturated rings. The van der Waals surface area contributed by atoms with Gasteiger partial charge in [-0.25, -0.2) is 4.79 Å². The third-order valence-corrected chi connectivity index (χ3v) is 2.18. The van der Waals surface area contributed by atoms with E-state index in [0.717, 1.165) is 18.5 Å². The number of methoxy groups -OCH3 is 1. The molecule has 3 heteroatoms. The van der Waals surface area contributed by atoms with Crippen LogP contribution in [0.2, 0.25) is 0 Å². The van der Waals surface area contributed by atoms with Crippen molar-refractivity contribution in [1.29, 1.82) is 0 Å². The lowest BCUT2D eigenvalue weighted by atomic mass is 10.1. The van der Waals surface area contributed by atoms with E-state index in [9.17, 15) is 4.79 Å². The highest BCUT2D eigenvalue weighted by atomic mass is 16.5. The Balaban J connectivity index is 2.62. The molecular formula is C12H17NO2. The largest absolute Gasteiger partial charge is 0.467 e. The lowest BCUT2D eigenvalue weighted by Gasteiger charge is -2.16. The van der Waals surface area contributed by atoms with Crippen LogP contribution in [0.5, 0.6) is 0 Å². The number of hydrogen-bond acceptors (Lipinski definition) is 3. The van der Waals surface area contributed by atoms with Crippen LogP contribution in [0.3, 0.4) is 0 Å². The maximum absolute atomic E-state index is 11.4. The van der Waals surface area contributed by atoms with Crippen molar-refractivity contribution in [2.75, 3.05) is 12.4 Å². The molecule has 15 heavy (non-hydrogen) atoms. The zero-order valence-electron chi connectivity index (χ0n) is 9.19. The molecule has 1 rings (SSSR count). The summed E-state index contributed by atoms with van der Waals surface area (Å²) in [7, 11) is 1.41. The predicted octanol–water partition coefficient (Wildman–Crippen LogP) is 2.44. The van der Waals surface area contributed by atoms with Gasteiger partial charge in [-0.1, -0.05) is 31.5 Å². The number of ether oxygens (including phenoxy) is 1. The van der Waals surface area contributed by atoms with E-state index in [2.05, 4.69) is 5.32 Å². The van der Waals surface area contributed by atoms with Gasteiger partial charge in [0.1, 0.15) is 6.04 Å². The molecule has 82 valence electrons. The Bertz CT molecular complexity index is 298. The van der Waals surface area contributed by atoms with Crippen molar-refractivity contribution in [2.24, 2.45) is 0 Å². The fourth-order valence-corrected chi connectivity index (χ4v) is 1.42. The number of para-hydroxylation sites is 1. The van der Waals surface area contributed by atoms with Crippen LogP contribution in [0, 0.1) is 0 Å². The van der Waals surface area contributed by atoms with Crippen LogP contribution >= 0.6 is 0 Å². The Morgan fingerprint density at radius 1 is 1.40 bits per heavy atom. The first-order valence-corrected chi connectivity index (χ1v) is 5.17. The highest BCUT2D eigenvalue weighted by molar-refractivity contribution is 5.79. The molecule has 1 aromatic carbocycles. The summed E-state index contributed by atoms with van der Waals surface area (Å²) in [6.45, 7) is 2.04. The Labute approximate surface area is 90.4 Å². The second-order valence-electron chi connectivity index (χ2n) is 3.37. The van der Waals surface area contributed by atoms with Gasteiger partial charge in [-0.2, -0.15) is 0 Å². The molecule has 0 amide bonds. The van der Waals surface area contributed by atoms with Gasteiger partial charge in [-0.05, 0) is 18.6 Å². The van der Waals surface area contributed by atoms with Gasteiger partial charge in [0.05, 0.1) is 7.11 Å². The van der Waals surface area contributed by atoms with Crippen molar-refractivity contribution in [2.45, 2.75) is 25.8 Å². The van der Waals surface area contributed by atoms with Gasteiger partial charge in [0.15, 0.2) is 0 Å². The Kier molecular flexibility index (Phi) is 4.68. The number of anilines is 1. The molecule has 0 aromatic heterocycles. The van der Waals surface area contributed by atoms with E-state index in [1.807, 2.05) is 37.3 Å². The molecule has 0 spiro atoms. The maximum atomic E-state index is 11.4. The van der Waals surface area contributed by atoms with Crippen LogP contribution in [0.1, 0.15) is 19.8 Å². The zero-order chi connectivity index (χ0) is 11.1. The van der Waals surface area contributed by atoms with Gasteiger partial charge < -0.3 is 10.1 Å². The number of rotatable bonds is 5. The lowest BCUT2D eigenvalue weighted by Crippen LogP contribution is -2.30. The zero-order valence-corrected chi connectivity index (χ0v) is 9.19. The normalized spacial score (nSPS) is 11.9. The number of nitrogens with one attached hydrogen (secondary N) is 1. The van der Waals surface area contributed by atoms with Crippen molar-refractivity contribution >= 4 is 11.7 Å². The second-order valence-corrected chi connectivity index (χ2v) is 3.37. The molecule has 0 heterocycles. The summed E-state index contributed by atoms with van der Waals surface area (Å²) in [5.74, 6) is -0.208. The van der Waals surface area contributed by atoms with E-state index in [0.29, 0.717) is 0 Å². The molecule has 1 unspecified atom stereocenters. The van der Waals surface area contributed by atoms with Crippen LogP contribution < -0.4 is 5.32 Å². The van der Waals surface area contributed by atoms with Crippen LogP contribution in [0.25, 0.3) is 0 Å². The number of benzene rings is 1. The molecule has 3 nitrogen and oxygen atoms in total. The maximum Gasteiger partial charge on any atom is 0.328 e. The molecule has 0 aliphatic carbocycles. The van der Waals surface area contributed by atoms with Crippen LogP contribution in [0.4, 0.5) is 5.69 Å². The van der Waals surface area contributed by atoms with Gasteiger partial charge in [-0.15, -0.1) is 0 Å². The minimum atomic E-state index is -0.248. The molecule has 1 atom stereocenters. The van der Waals surface area contributed by atoms with Crippen molar-refractivity contribution in [3.05, 3.63) is 30.3 Å². The van der Waals surface area contributed by atoms with Gasteiger partial charge in [-0.3, -0.25) is 0 Å². The van der Waals surface area contributed by atoms with Crippen molar-refractivity contribution in [3.63, 3.8) is 0 Å². The number of hydrogen-bond donors (Lipinski definition) is 1. The quantitative estimate of drug-likeness (QED) is 0.754. The third-order valence-electron chi connectivity index (χ3n) is 2.18. The van der Waals surface area contributed by atoms with Gasteiger partial charge in [0.25, 0.3) is 0 Å². The summed E-state index contributed by atoms with van der Waals surface area (Å²) in [6, 6.07) is 9.43. The second kappa shape index (κ2) is 6.06. The summed E-state index contributed by atoms with van der Waals surface area (Å²) in [5.41, 5.74) is 0.946. The van der Waals surface area contributed by atoms with Gasteiger partial charge in [0.2, 0.25) is 0 Å². The summed E-state index contributed by atoms with van der Waals surface area (Å²) >= 11 is 0. The average Bonchev–Trinajstić information content (AvgIpc) is 2.29. The molecule has 0 saturated heterocycles. The average molecular weight is 207 g/mol. The number of esters is 1. The van der Waals surface area contributed by atoms with E-state index in [-0.39, 0.29) is 12.0 Å². The highest BCUT2D eigenvalue weighted by Crippen LogP contribution is 2.10. The smallest absolute Gasteiger partial charge is 0.328 e. The van der Waals surface area contributed by atoms with E-state index >= 15 is 0 Å². The lowest BCUT2D eigenvalue weighted by molar-refractivity contribution is -0.141. The first-order valence-electron chi connectivity index (χ1n) is 5.17. The monoisotopic (exact) mass is 207 g/mol. The van der Waals surface area contributed by atoms with Gasteiger partial charge >= 0.3 is 5.97 Å². The fourth-order valence-electron chi connectivity index (χ4n) is 1.42. The van der Waals surface area contributed by atoms with Crippen molar-refractivity contribution in [3.8, 4) is 0 Å². The Morgan fingerprint density at radius 3 is 2.60 bits per heavy atom. The summed E-state index contributed by atoms with van der Waals surface area (Å²) in [5, 5.41) is 3.16. The topological polar surface area (TPSA) is 38.3 Å². The minimum Gasteiger partial charge on any atom is -0.467 e. The third kappa shape index (κ3) is 3.62. The van der Waals surface area contributed by atoms with Crippen LogP contribution in [-0.4, -0.2) is 19.1 Å². The molecule has 1 N–H and O–H groups in total. The Hall–Kier alpha value is -1.51. The molecule has 0 aliphatic heterocycles. The number of carbonyl (C=O) groups excluding carboxylic acids is 1. The number of carbonyl (C=O) groups is 1. The summed E-state index contributed by atoms with van der Waals surface area (Å²) < 4.78 is 4.74. The van der Waals surface area contributed by atoms with Crippen LogP contribution in [0.15, 0.2) is 30.3 Å². The highest BCUT2D eigenvalue weighted by Gasteiger charge is 2.17. The van der Waals surface area contributed by atoms with Gasteiger partial charge in [0, 0.05) is 5.69 Å². The molecule has 0 aliphatic rings. The van der Waals surface area contributed by atoms with E-state index in [4.69, 9.17) is 4.74 Å². The van der Waals surface area contributed by atoms with Crippen LogP contribution in [-0.2, 0) is 9.53 Å². The van der Waals surface area contributed by atoms with Crippen molar-refractivity contribution < 1.29 is 9.53 Å². The Morgan fingerprint density at radius 2 is 2.07 bits per heavy atom. The SMILES string of the molecule is CCCC(Nc1ccccc1)C(=O)OC. The molecule has 0 radical (unpaired) electrons. The van der Waals surface area contributed by atoms with E-state index in [1.54, 1.807) is 0 Å². The first kappa shape index (κ1) is 11.6. The predicted molar refractivity (Wildman–Crippen MR) is 60.8 cm³/mol. The molecule has 0 saturated carbocycles. The first-order chi connectivity index (χ1) is 7.27. The fraction of sp³-hybridized carbons (Fsp3) is 0.417. The van der Waals surface area contributed by atoms with E-state index < -0.39 is 0 Å². The van der Waals surface area contributed by atoms with Crippen molar-refractivity contribution in [1.82, 2.24) is 0 Å². The molecule has 1 aromatic rings. The van der Waals surface area contributed by atoms with E-state index in [1.165, 1.54) is 7.11 Å². The summed E-state index contributed by atoms with van der Waals surface area (Å²) in [6.07, 6.45) is 1.72. The molecule has 0 bridgehead atoms. The summed E-state index contributed by atoms with van der Waals surface area (Å²) in [4.78, 5) is 11.4.